The summed E-state index contributed by atoms with van der Waals surface area (Å²) in [5, 5.41) is 0. The third-order valence-corrected chi connectivity index (χ3v) is 4.67. The summed E-state index contributed by atoms with van der Waals surface area (Å²) in [7, 11) is 0. The lowest BCUT2D eigenvalue weighted by Crippen LogP contribution is -2.35. The zero-order chi connectivity index (χ0) is 18.3. The molecule has 2 aliphatic rings. The number of fused-ring (bicyclic) bond motifs is 1. The lowest BCUT2D eigenvalue weighted by Gasteiger charge is -2.27. The monoisotopic (exact) mass is 365 g/mol. The van der Waals surface area contributed by atoms with Crippen molar-refractivity contribution in [2.45, 2.75) is 44.6 Å². The van der Waals surface area contributed by atoms with Gasteiger partial charge in [0.1, 0.15) is 11.6 Å². The number of rotatable bonds is 4. The molecule has 0 unspecified atom stereocenters. The molecule has 1 aromatic heterocycles. The number of aromatic amines is 1. The second-order valence-corrected chi connectivity index (χ2v) is 6.81. The fraction of sp³-hybridized carbons (Fsp3) is 0.444. The lowest BCUT2D eigenvalue weighted by atomic mass is 10.1. The Bertz CT molecular complexity index is 875. The molecule has 0 saturated heterocycles. The first-order chi connectivity index (χ1) is 12.4. The first-order valence-corrected chi connectivity index (χ1v) is 8.56. The van der Waals surface area contributed by atoms with Crippen LogP contribution in [0.15, 0.2) is 29.1 Å². The molecular formula is C18H18F3N3O2. The zero-order valence-electron chi connectivity index (χ0n) is 14.0. The standard InChI is InChI=1S/C18H18F3N3O2/c19-18(20,21)26-13-3-1-2-11(8-13)9-24-7-6-15-14(10-24)17(25)23-16(22-15)12-4-5-12/h1-3,8,12H,4-7,9-10H2,(H,22,23,25). The van der Waals surface area contributed by atoms with Gasteiger partial charge in [-0.15, -0.1) is 13.2 Å². The highest BCUT2D eigenvalue weighted by Gasteiger charge is 2.31. The number of hydrogen-bond acceptors (Lipinski definition) is 4. The Morgan fingerprint density at radius 1 is 1.31 bits per heavy atom. The molecule has 1 aliphatic heterocycles. The van der Waals surface area contributed by atoms with E-state index in [1.54, 1.807) is 6.07 Å². The average molecular weight is 365 g/mol. The van der Waals surface area contributed by atoms with Gasteiger partial charge in [-0.2, -0.15) is 0 Å². The molecule has 1 fully saturated rings. The largest absolute Gasteiger partial charge is 0.573 e. The van der Waals surface area contributed by atoms with Crippen molar-refractivity contribution >= 4 is 0 Å². The zero-order valence-corrected chi connectivity index (χ0v) is 14.0. The van der Waals surface area contributed by atoms with Crippen LogP contribution in [0.1, 0.15) is 41.4 Å². The fourth-order valence-electron chi connectivity index (χ4n) is 3.28. The van der Waals surface area contributed by atoms with Crippen LogP contribution in [0, 0.1) is 0 Å². The predicted molar refractivity (Wildman–Crippen MR) is 87.8 cm³/mol. The minimum atomic E-state index is -4.71. The summed E-state index contributed by atoms with van der Waals surface area (Å²) in [5.41, 5.74) is 2.11. The van der Waals surface area contributed by atoms with Crippen LogP contribution in [-0.2, 0) is 19.5 Å². The number of benzene rings is 1. The summed E-state index contributed by atoms with van der Waals surface area (Å²) < 4.78 is 41.0. The highest BCUT2D eigenvalue weighted by molar-refractivity contribution is 5.29. The molecule has 5 nitrogen and oxygen atoms in total. The summed E-state index contributed by atoms with van der Waals surface area (Å²) in [5.74, 6) is 0.947. The van der Waals surface area contributed by atoms with E-state index in [4.69, 9.17) is 0 Å². The first kappa shape index (κ1) is 17.1. The lowest BCUT2D eigenvalue weighted by molar-refractivity contribution is -0.274. The van der Waals surface area contributed by atoms with Crippen LogP contribution >= 0.6 is 0 Å². The number of alkyl halides is 3. The summed E-state index contributed by atoms with van der Waals surface area (Å²) in [6.45, 7) is 1.59. The topological polar surface area (TPSA) is 58.2 Å². The predicted octanol–water partition coefficient (Wildman–Crippen LogP) is 3.10. The molecule has 0 bridgehead atoms. The molecule has 2 heterocycles. The van der Waals surface area contributed by atoms with Gasteiger partial charge in [0.05, 0.1) is 11.3 Å². The van der Waals surface area contributed by atoms with Crippen molar-refractivity contribution in [3.05, 3.63) is 57.3 Å². The quantitative estimate of drug-likeness (QED) is 0.905. The van der Waals surface area contributed by atoms with Crippen LogP contribution in [-0.4, -0.2) is 27.8 Å². The highest BCUT2D eigenvalue weighted by atomic mass is 19.4. The summed E-state index contributed by atoms with van der Waals surface area (Å²) >= 11 is 0. The number of ether oxygens (including phenoxy) is 1. The van der Waals surface area contributed by atoms with Crippen molar-refractivity contribution in [1.29, 1.82) is 0 Å². The average Bonchev–Trinajstić information content (AvgIpc) is 3.39. The number of nitrogens with zero attached hydrogens (tertiary/aromatic N) is 2. The van der Waals surface area contributed by atoms with Crippen LogP contribution in [0.4, 0.5) is 13.2 Å². The minimum Gasteiger partial charge on any atom is -0.406 e. The Balaban J connectivity index is 1.48. The molecule has 2 aromatic rings. The van der Waals surface area contributed by atoms with E-state index in [2.05, 4.69) is 14.7 Å². The summed E-state index contributed by atoms with van der Waals surface area (Å²) in [6, 6.07) is 5.93. The molecule has 1 aromatic carbocycles. The van der Waals surface area contributed by atoms with E-state index in [-0.39, 0.29) is 11.3 Å². The van der Waals surface area contributed by atoms with E-state index in [0.29, 0.717) is 43.1 Å². The van der Waals surface area contributed by atoms with Gasteiger partial charge in [0.15, 0.2) is 0 Å². The van der Waals surface area contributed by atoms with E-state index in [1.807, 2.05) is 4.90 Å². The van der Waals surface area contributed by atoms with Crippen molar-refractivity contribution in [3.63, 3.8) is 0 Å². The highest BCUT2D eigenvalue weighted by Crippen LogP contribution is 2.37. The van der Waals surface area contributed by atoms with Gasteiger partial charge in [0.25, 0.3) is 5.56 Å². The molecule has 0 radical (unpaired) electrons. The van der Waals surface area contributed by atoms with Crippen molar-refractivity contribution in [3.8, 4) is 5.75 Å². The van der Waals surface area contributed by atoms with Gasteiger partial charge in [-0.25, -0.2) is 4.98 Å². The third-order valence-electron chi connectivity index (χ3n) is 4.67. The molecule has 138 valence electrons. The van der Waals surface area contributed by atoms with Crippen molar-refractivity contribution < 1.29 is 17.9 Å². The number of H-pyrrole nitrogens is 1. The number of aromatic nitrogens is 2. The van der Waals surface area contributed by atoms with Gasteiger partial charge in [-0.1, -0.05) is 12.1 Å². The molecule has 1 aliphatic carbocycles. The van der Waals surface area contributed by atoms with Gasteiger partial charge in [0, 0.05) is 32.0 Å². The SMILES string of the molecule is O=c1[nH]c(C2CC2)nc2c1CN(Cc1cccc(OC(F)(F)F)c1)CC2. The van der Waals surface area contributed by atoms with Gasteiger partial charge in [-0.3, -0.25) is 9.69 Å². The van der Waals surface area contributed by atoms with E-state index in [1.165, 1.54) is 18.2 Å². The van der Waals surface area contributed by atoms with E-state index < -0.39 is 6.36 Å². The molecule has 0 atom stereocenters. The van der Waals surface area contributed by atoms with Crippen molar-refractivity contribution in [2.75, 3.05) is 6.54 Å². The first-order valence-electron chi connectivity index (χ1n) is 8.56. The maximum atomic E-state index is 12.4. The maximum absolute atomic E-state index is 12.4. The summed E-state index contributed by atoms with van der Waals surface area (Å²) in [4.78, 5) is 21.9. The van der Waals surface area contributed by atoms with Gasteiger partial charge in [0.2, 0.25) is 0 Å². The van der Waals surface area contributed by atoms with Gasteiger partial charge < -0.3 is 9.72 Å². The molecule has 8 heteroatoms. The smallest absolute Gasteiger partial charge is 0.406 e. The second-order valence-electron chi connectivity index (χ2n) is 6.81. The molecular weight excluding hydrogens is 347 g/mol. The number of halogens is 3. The molecule has 4 rings (SSSR count). The van der Waals surface area contributed by atoms with Gasteiger partial charge >= 0.3 is 6.36 Å². The molecule has 26 heavy (non-hydrogen) atoms. The summed E-state index contributed by atoms with van der Waals surface area (Å²) in [6.07, 6.45) is -1.90. The van der Waals surface area contributed by atoms with Gasteiger partial charge in [-0.05, 0) is 30.5 Å². The Morgan fingerprint density at radius 2 is 2.12 bits per heavy atom. The van der Waals surface area contributed by atoms with Crippen molar-refractivity contribution in [2.24, 2.45) is 0 Å². The third kappa shape index (κ3) is 3.90. The Morgan fingerprint density at radius 3 is 2.85 bits per heavy atom. The maximum Gasteiger partial charge on any atom is 0.573 e. The van der Waals surface area contributed by atoms with Crippen molar-refractivity contribution in [1.82, 2.24) is 14.9 Å². The van der Waals surface area contributed by atoms with E-state index in [0.717, 1.165) is 24.4 Å². The van der Waals surface area contributed by atoms with Crippen LogP contribution in [0.5, 0.6) is 5.75 Å². The van der Waals surface area contributed by atoms with E-state index in [9.17, 15) is 18.0 Å². The fourth-order valence-corrected chi connectivity index (χ4v) is 3.28. The van der Waals surface area contributed by atoms with Crippen LogP contribution in [0.3, 0.4) is 0 Å². The Hall–Kier alpha value is -2.35. The molecule has 1 N–H and O–H groups in total. The molecule has 0 spiro atoms. The molecule has 1 saturated carbocycles. The normalized spacial score (nSPS) is 17.8. The van der Waals surface area contributed by atoms with Crippen LogP contribution in [0.25, 0.3) is 0 Å². The number of hydrogen-bond donors (Lipinski definition) is 1. The van der Waals surface area contributed by atoms with E-state index >= 15 is 0 Å². The molecule has 0 amide bonds. The number of nitrogens with one attached hydrogen (secondary N) is 1. The second kappa shape index (κ2) is 6.42. The van der Waals surface area contributed by atoms with Crippen LogP contribution in [0.2, 0.25) is 0 Å². The Kier molecular flexibility index (Phi) is 4.22. The Labute approximate surface area is 147 Å². The minimum absolute atomic E-state index is 0.101. The van der Waals surface area contributed by atoms with Crippen LogP contribution < -0.4 is 10.3 Å².